The third kappa shape index (κ3) is 2.40. The highest BCUT2D eigenvalue weighted by Gasteiger charge is 2.11. The monoisotopic (exact) mass is 280 g/mol. The standard InChI is InChI=1S/C17H16N2O2/c1-10-4-5-13(8-14(10)18-9-20)17-19-15-6-11(2)12(3)7-16(15)21-17/h4-9H,1-3H3,(H,18,20). The van der Waals surface area contributed by atoms with Gasteiger partial charge in [0.05, 0.1) is 0 Å². The van der Waals surface area contributed by atoms with Crippen LogP contribution in [0.4, 0.5) is 5.69 Å². The van der Waals surface area contributed by atoms with Gasteiger partial charge in [0.15, 0.2) is 5.58 Å². The zero-order valence-electron chi connectivity index (χ0n) is 12.2. The van der Waals surface area contributed by atoms with Gasteiger partial charge in [0.1, 0.15) is 5.52 Å². The third-order valence-electron chi connectivity index (χ3n) is 3.70. The highest BCUT2D eigenvalue weighted by atomic mass is 16.3. The van der Waals surface area contributed by atoms with E-state index in [0.717, 1.165) is 27.9 Å². The first-order chi connectivity index (χ1) is 10.1. The van der Waals surface area contributed by atoms with Crippen molar-refractivity contribution in [1.29, 1.82) is 0 Å². The van der Waals surface area contributed by atoms with Crippen LogP contribution in [-0.4, -0.2) is 11.4 Å². The summed E-state index contributed by atoms with van der Waals surface area (Å²) in [6.07, 6.45) is 0.672. The van der Waals surface area contributed by atoms with Crippen LogP contribution in [0.2, 0.25) is 0 Å². The predicted octanol–water partition coefficient (Wildman–Crippen LogP) is 3.99. The fourth-order valence-corrected chi connectivity index (χ4v) is 2.28. The Labute approximate surface area is 122 Å². The van der Waals surface area contributed by atoms with Crippen LogP contribution in [0.1, 0.15) is 16.7 Å². The highest BCUT2D eigenvalue weighted by Crippen LogP contribution is 2.29. The first-order valence-electron chi connectivity index (χ1n) is 6.77. The molecule has 3 rings (SSSR count). The van der Waals surface area contributed by atoms with Gasteiger partial charge in [-0.1, -0.05) is 6.07 Å². The zero-order chi connectivity index (χ0) is 15.0. The molecule has 1 heterocycles. The van der Waals surface area contributed by atoms with Gasteiger partial charge in [0.25, 0.3) is 0 Å². The van der Waals surface area contributed by atoms with Gasteiger partial charge in [-0.25, -0.2) is 4.98 Å². The smallest absolute Gasteiger partial charge is 0.227 e. The first-order valence-corrected chi connectivity index (χ1v) is 6.77. The second kappa shape index (κ2) is 5.05. The molecule has 0 fully saturated rings. The number of rotatable bonds is 3. The molecular formula is C17H16N2O2. The normalized spacial score (nSPS) is 10.8. The SMILES string of the molecule is Cc1cc2nc(-c3ccc(C)c(NC=O)c3)oc2cc1C. The molecule has 0 saturated carbocycles. The summed E-state index contributed by atoms with van der Waals surface area (Å²) in [5.74, 6) is 0.559. The minimum absolute atomic E-state index is 0.559. The molecule has 0 unspecified atom stereocenters. The summed E-state index contributed by atoms with van der Waals surface area (Å²) in [6, 6.07) is 9.77. The van der Waals surface area contributed by atoms with Gasteiger partial charge in [-0.05, 0) is 61.7 Å². The number of aromatic nitrogens is 1. The van der Waals surface area contributed by atoms with Crippen molar-refractivity contribution in [3.63, 3.8) is 0 Å². The Balaban J connectivity index is 2.11. The maximum atomic E-state index is 10.6. The van der Waals surface area contributed by atoms with Crippen LogP contribution >= 0.6 is 0 Å². The summed E-state index contributed by atoms with van der Waals surface area (Å²) < 4.78 is 5.84. The van der Waals surface area contributed by atoms with E-state index in [1.807, 2.05) is 37.3 Å². The van der Waals surface area contributed by atoms with Crippen molar-refractivity contribution in [2.24, 2.45) is 0 Å². The lowest BCUT2D eigenvalue weighted by Gasteiger charge is -2.05. The average molecular weight is 280 g/mol. The fourth-order valence-electron chi connectivity index (χ4n) is 2.28. The van der Waals surface area contributed by atoms with Gasteiger partial charge in [0.2, 0.25) is 12.3 Å². The van der Waals surface area contributed by atoms with Gasteiger partial charge in [-0.15, -0.1) is 0 Å². The molecule has 4 heteroatoms. The molecule has 0 atom stereocenters. The lowest BCUT2D eigenvalue weighted by atomic mass is 10.1. The second-order valence-corrected chi connectivity index (χ2v) is 5.22. The van der Waals surface area contributed by atoms with E-state index in [-0.39, 0.29) is 0 Å². The number of carbonyl (C=O) groups is 1. The second-order valence-electron chi connectivity index (χ2n) is 5.22. The summed E-state index contributed by atoms with van der Waals surface area (Å²) in [4.78, 5) is 15.2. The van der Waals surface area contributed by atoms with Crippen molar-refractivity contribution >= 4 is 23.2 Å². The Morgan fingerprint density at radius 3 is 2.57 bits per heavy atom. The number of hydrogen-bond donors (Lipinski definition) is 1. The molecule has 3 aromatic rings. The van der Waals surface area contributed by atoms with E-state index in [9.17, 15) is 4.79 Å². The average Bonchev–Trinajstić information content (AvgIpc) is 2.85. The van der Waals surface area contributed by atoms with Gasteiger partial charge in [-0.3, -0.25) is 4.79 Å². The summed E-state index contributed by atoms with van der Waals surface area (Å²) in [6.45, 7) is 6.05. The molecule has 4 nitrogen and oxygen atoms in total. The number of nitrogens with zero attached hydrogens (tertiary/aromatic N) is 1. The number of carbonyl (C=O) groups excluding carboxylic acids is 1. The van der Waals surface area contributed by atoms with Crippen LogP contribution in [0.3, 0.4) is 0 Å². The van der Waals surface area contributed by atoms with Crippen LogP contribution in [0.5, 0.6) is 0 Å². The van der Waals surface area contributed by atoms with Crippen molar-refractivity contribution in [2.45, 2.75) is 20.8 Å². The largest absolute Gasteiger partial charge is 0.436 e. The molecule has 0 bridgehead atoms. The van der Waals surface area contributed by atoms with E-state index in [2.05, 4.69) is 24.1 Å². The van der Waals surface area contributed by atoms with E-state index in [1.54, 1.807) is 0 Å². The fraction of sp³-hybridized carbons (Fsp3) is 0.176. The highest BCUT2D eigenvalue weighted by molar-refractivity contribution is 5.80. The molecular weight excluding hydrogens is 264 g/mol. The molecule has 0 spiro atoms. The molecule has 0 aliphatic heterocycles. The van der Waals surface area contributed by atoms with Crippen molar-refractivity contribution in [2.75, 3.05) is 5.32 Å². The zero-order valence-corrected chi connectivity index (χ0v) is 12.2. The molecule has 106 valence electrons. The number of aryl methyl sites for hydroxylation is 3. The van der Waals surface area contributed by atoms with Crippen molar-refractivity contribution < 1.29 is 9.21 Å². The van der Waals surface area contributed by atoms with Crippen LogP contribution in [-0.2, 0) is 4.79 Å². The summed E-state index contributed by atoms with van der Waals surface area (Å²) >= 11 is 0. The molecule has 0 aliphatic rings. The Hall–Kier alpha value is -2.62. The lowest BCUT2D eigenvalue weighted by Crippen LogP contribution is -1.96. The number of oxazole rings is 1. The Morgan fingerprint density at radius 1 is 1.05 bits per heavy atom. The van der Waals surface area contributed by atoms with Crippen LogP contribution in [0.15, 0.2) is 34.7 Å². The Morgan fingerprint density at radius 2 is 1.81 bits per heavy atom. The van der Waals surface area contributed by atoms with Crippen LogP contribution in [0.25, 0.3) is 22.6 Å². The Bertz CT molecular complexity index is 795. The van der Waals surface area contributed by atoms with Gasteiger partial charge >= 0.3 is 0 Å². The Kier molecular flexibility index (Phi) is 3.22. The molecule has 1 aromatic heterocycles. The topological polar surface area (TPSA) is 55.1 Å². The van der Waals surface area contributed by atoms with E-state index in [4.69, 9.17) is 4.42 Å². The summed E-state index contributed by atoms with van der Waals surface area (Å²) in [7, 11) is 0. The summed E-state index contributed by atoms with van der Waals surface area (Å²) in [5.41, 5.74) is 6.59. The van der Waals surface area contributed by atoms with E-state index in [1.165, 1.54) is 11.1 Å². The molecule has 2 aromatic carbocycles. The number of amides is 1. The molecule has 21 heavy (non-hydrogen) atoms. The predicted molar refractivity (Wildman–Crippen MR) is 83.3 cm³/mol. The number of nitrogens with one attached hydrogen (secondary N) is 1. The number of anilines is 1. The quantitative estimate of drug-likeness (QED) is 0.738. The first kappa shape index (κ1) is 13.4. The summed E-state index contributed by atoms with van der Waals surface area (Å²) in [5, 5.41) is 2.69. The minimum Gasteiger partial charge on any atom is -0.436 e. The molecule has 1 N–H and O–H groups in total. The van der Waals surface area contributed by atoms with Crippen LogP contribution < -0.4 is 5.32 Å². The van der Waals surface area contributed by atoms with Gasteiger partial charge < -0.3 is 9.73 Å². The van der Waals surface area contributed by atoms with Gasteiger partial charge in [0, 0.05) is 11.3 Å². The molecule has 0 aliphatic carbocycles. The molecule has 0 radical (unpaired) electrons. The van der Waals surface area contributed by atoms with Crippen molar-refractivity contribution in [3.8, 4) is 11.5 Å². The van der Waals surface area contributed by atoms with Gasteiger partial charge in [-0.2, -0.15) is 0 Å². The van der Waals surface area contributed by atoms with E-state index in [0.29, 0.717) is 12.3 Å². The maximum Gasteiger partial charge on any atom is 0.227 e. The third-order valence-corrected chi connectivity index (χ3v) is 3.70. The number of hydrogen-bond acceptors (Lipinski definition) is 3. The number of fused-ring (bicyclic) bond motifs is 1. The number of benzene rings is 2. The lowest BCUT2D eigenvalue weighted by molar-refractivity contribution is -0.105. The van der Waals surface area contributed by atoms with Crippen molar-refractivity contribution in [1.82, 2.24) is 4.98 Å². The van der Waals surface area contributed by atoms with Crippen molar-refractivity contribution in [3.05, 3.63) is 47.0 Å². The van der Waals surface area contributed by atoms with Crippen LogP contribution in [0, 0.1) is 20.8 Å². The minimum atomic E-state index is 0.559. The maximum absolute atomic E-state index is 10.6. The molecule has 1 amide bonds. The van der Waals surface area contributed by atoms with E-state index < -0.39 is 0 Å². The van der Waals surface area contributed by atoms with E-state index >= 15 is 0 Å². The molecule has 0 saturated heterocycles.